The van der Waals surface area contributed by atoms with Crippen molar-refractivity contribution in [3.05, 3.63) is 0 Å². The highest BCUT2D eigenvalue weighted by molar-refractivity contribution is 4.92. The lowest BCUT2D eigenvalue weighted by atomic mass is 9.74. The van der Waals surface area contributed by atoms with Gasteiger partial charge in [0, 0.05) is 0 Å². The fourth-order valence-corrected chi connectivity index (χ4v) is 3.09. The molecule has 100 valence electrons. The topological polar surface area (TPSA) is 23.8 Å². The molecule has 0 amide bonds. The van der Waals surface area contributed by atoms with Gasteiger partial charge in [-0.2, -0.15) is 5.26 Å². The van der Waals surface area contributed by atoms with Crippen molar-refractivity contribution in [1.29, 1.82) is 5.26 Å². The van der Waals surface area contributed by atoms with E-state index in [0.717, 1.165) is 0 Å². The van der Waals surface area contributed by atoms with Crippen LogP contribution in [0.4, 0.5) is 0 Å². The monoisotopic (exact) mass is 237 g/mol. The van der Waals surface area contributed by atoms with Crippen molar-refractivity contribution in [2.45, 2.75) is 79.1 Å². The third-order valence-corrected chi connectivity index (χ3v) is 3.80. The maximum absolute atomic E-state index is 9.52. The molecule has 0 N–H and O–H groups in total. The highest BCUT2D eigenvalue weighted by atomic mass is 14.4. The minimum absolute atomic E-state index is 0.301. The Morgan fingerprint density at radius 3 is 1.18 bits per heavy atom. The first-order valence-corrected chi connectivity index (χ1v) is 7.64. The number of rotatable bonds is 10. The van der Waals surface area contributed by atoms with E-state index in [-0.39, 0.29) is 0 Å². The zero-order chi connectivity index (χ0) is 13.1. The minimum atomic E-state index is 0.301. The molecule has 0 aromatic carbocycles. The van der Waals surface area contributed by atoms with Crippen molar-refractivity contribution in [3.8, 4) is 6.07 Å². The van der Waals surface area contributed by atoms with Gasteiger partial charge in [-0.25, -0.2) is 0 Å². The summed E-state index contributed by atoms with van der Waals surface area (Å²) in [6.07, 6.45) is 9.79. The molecule has 1 nitrogen and oxygen atoms in total. The van der Waals surface area contributed by atoms with E-state index >= 15 is 0 Å². The average Bonchev–Trinajstić information content (AvgIpc) is 2.31. The largest absolute Gasteiger partial charge is 0.198 e. The first kappa shape index (κ1) is 16.5. The predicted molar refractivity (Wildman–Crippen MR) is 75.7 cm³/mol. The summed E-state index contributed by atoms with van der Waals surface area (Å²) in [4.78, 5) is 0. The van der Waals surface area contributed by atoms with E-state index in [2.05, 4.69) is 33.8 Å². The van der Waals surface area contributed by atoms with Crippen LogP contribution in [0.1, 0.15) is 79.1 Å². The average molecular weight is 237 g/mol. The molecule has 0 rings (SSSR count). The molecule has 0 aliphatic rings. The molecule has 0 bridgehead atoms. The normalized spacial score (nSPS) is 11.4. The summed E-state index contributed by atoms with van der Waals surface area (Å²) in [5, 5.41) is 9.52. The summed E-state index contributed by atoms with van der Waals surface area (Å²) in [5.41, 5.74) is 0. The van der Waals surface area contributed by atoms with Gasteiger partial charge < -0.3 is 0 Å². The molecule has 0 radical (unpaired) electrons. The molecule has 0 aromatic rings. The van der Waals surface area contributed by atoms with Crippen LogP contribution in [-0.2, 0) is 0 Å². The molecule has 0 saturated heterocycles. The summed E-state index contributed by atoms with van der Waals surface area (Å²) in [6, 6.07) is 2.64. The van der Waals surface area contributed by atoms with Gasteiger partial charge in [-0.15, -0.1) is 0 Å². The number of nitriles is 1. The molecule has 17 heavy (non-hydrogen) atoms. The van der Waals surface area contributed by atoms with E-state index in [1.54, 1.807) is 0 Å². The van der Waals surface area contributed by atoms with E-state index < -0.39 is 0 Å². The molecule has 0 unspecified atom stereocenters. The van der Waals surface area contributed by atoms with Gasteiger partial charge in [-0.1, -0.05) is 53.4 Å². The van der Waals surface area contributed by atoms with Crippen molar-refractivity contribution in [1.82, 2.24) is 0 Å². The summed E-state index contributed by atoms with van der Waals surface area (Å²) >= 11 is 0. The molecule has 0 aliphatic heterocycles. The Morgan fingerprint density at radius 2 is 1.00 bits per heavy atom. The summed E-state index contributed by atoms with van der Waals surface area (Å²) in [6.45, 7) is 8.97. The quantitative estimate of drug-likeness (QED) is 0.488. The Labute approximate surface area is 109 Å². The Hall–Kier alpha value is -0.510. The maximum atomic E-state index is 9.52. The molecule has 0 aromatic heterocycles. The predicted octanol–water partition coefficient (Wildman–Crippen LogP) is 5.56. The van der Waals surface area contributed by atoms with Crippen LogP contribution >= 0.6 is 0 Å². The molecular weight excluding hydrogens is 206 g/mol. The molecule has 0 fully saturated rings. The van der Waals surface area contributed by atoms with Gasteiger partial charge in [0.2, 0.25) is 0 Å². The van der Waals surface area contributed by atoms with Crippen molar-refractivity contribution < 1.29 is 0 Å². The first-order valence-electron chi connectivity index (χ1n) is 7.64. The Kier molecular flexibility index (Phi) is 10.3. The number of nitrogens with zero attached hydrogens (tertiary/aromatic N) is 1. The van der Waals surface area contributed by atoms with Crippen molar-refractivity contribution >= 4 is 0 Å². The summed E-state index contributed by atoms with van der Waals surface area (Å²) in [5.74, 6) is 1.57. The van der Waals surface area contributed by atoms with Crippen LogP contribution in [0.25, 0.3) is 0 Å². The Balaban J connectivity index is 4.63. The molecule has 0 spiro atoms. The molecule has 0 aliphatic carbocycles. The zero-order valence-electron chi connectivity index (χ0n) is 12.3. The van der Waals surface area contributed by atoms with Gasteiger partial charge in [0.05, 0.1) is 12.0 Å². The second-order valence-electron chi connectivity index (χ2n) is 5.33. The van der Waals surface area contributed by atoms with Crippen molar-refractivity contribution in [2.75, 3.05) is 0 Å². The zero-order valence-corrected chi connectivity index (χ0v) is 12.3. The van der Waals surface area contributed by atoms with E-state index in [1.165, 1.54) is 51.4 Å². The Morgan fingerprint density at radius 1 is 0.706 bits per heavy atom. The second kappa shape index (κ2) is 10.6. The van der Waals surface area contributed by atoms with Crippen LogP contribution in [-0.4, -0.2) is 0 Å². The van der Waals surface area contributed by atoms with Crippen LogP contribution in [0.5, 0.6) is 0 Å². The summed E-state index contributed by atoms with van der Waals surface area (Å²) < 4.78 is 0. The van der Waals surface area contributed by atoms with Gasteiger partial charge in [0.15, 0.2) is 0 Å². The van der Waals surface area contributed by atoms with Crippen LogP contribution in [0.3, 0.4) is 0 Å². The number of hydrogen-bond acceptors (Lipinski definition) is 1. The van der Waals surface area contributed by atoms with Gasteiger partial charge in [-0.05, 0) is 37.5 Å². The fourth-order valence-electron chi connectivity index (χ4n) is 3.09. The first-order chi connectivity index (χ1) is 8.24. The van der Waals surface area contributed by atoms with Gasteiger partial charge in [-0.3, -0.25) is 0 Å². The smallest absolute Gasteiger partial charge is 0.0661 e. The highest BCUT2D eigenvalue weighted by Crippen LogP contribution is 2.33. The van der Waals surface area contributed by atoms with E-state index in [4.69, 9.17) is 0 Å². The van der Waals surface area contributed by atoms with Crippen LogP contribution in [0, 0.1) is 29.1 Å². The highest BCUT2D eigenvalue weighted by Gasteiger charge is 2.27. The molecular formula is C16H31N. The van der Waals surface area contributed by atoms with Crippen molar-refractivity contribution in [3.63, 3.8) is 0 Å². The molecule has 0 atom stereocenters. The lowest BCUT2D eigenvalue weighted by molar-refractivity contribution is 0.231. The molecule has 0 heterocycles. The molecule has 0 saturated carbocycles. The van der Waals surface area contributed by atoms with Gasteiger partial charge in [0.1, 0.15) is 0 Å². The summed E-state index contributed by atoms with van der Waals surface area (Å²) in [7, 11) is 0. The third-order valence-electron chi connectivity index (χ3n) is 3.80. The SMILES string of the molecule is CCCC(CCC)C(C#N)C(CCC)CCC. The lowest BCUT2D eigenvalue weighted by Crippen LogP contribution is -2.22. The van der Waals surface area contributed by atoms with Gasteiger partial charge in [0.25, 0.3) is 0 Å². The maximum Gasteiger partial charge on any atom is 0.0661 e. The lowest BCUT2D eigenvalue weighted by Gasteiger charge is -2.28. The standard InChI is InChI=1S/C16H31N/c1-5-9-14(10-6-2)16(13-17)15(11-7-3)12-8-4/h14-16H,5-12H2,1-4H3. The van der Waals surface area contributed by atoms with Crippen LogP contribution < -0.4 is 0 Å². The molecule has 1 heteroatoms. The van der Waals surface area contributed by atoms with Gasteiger partial charge >= 0.3 is 0 Å². The van der Waals surface area contributed by atoms with E-state index in [0.29, 0.717) is 17.8 Å². The third kappa shape index (κ3) is 6.10. The number of hydrogen-bond donors (Lipinski definition) is 0. The minimum Gasteiger partial charge on any atom is -0.198 e. The van der Waals surface area contributed by atoms with Crippen LogP contribution in [0.2, 0.25) is 0 Å². The van der Waals surface area contributed by atoms with E-state index in [9.17, 15) is 5.26 Å². The Bertz CT molecular complexity index is 176. The van der Waals surface area contributed by atoms with E-state index in [1.807, 2.05) is 0 Å². The van der Waals surface area contributed by atoms with Crippen LogP contribution in [0.15, 0.2) is 0 Å². The fraction of sp³-hybridized carbons (Fsp3) is 0.938. The second-order valence-corrected chi connectivity index (χ2v) is 5.33. The van der Waals surface area contributed by atoms with Crippen molar-refractivity contribution in [2.24, 2.45) is 17.8 Å².